The van der Waals surface area contributed by atoms with Gasteiger partial charge in [0.05, 0.1) is 12.7 Å². The minimum Gasteiger partial charge on any atom is -0.507 e. The van der Waals surface area contributed by atoms with E-state index in [2.05, 4.69) is 0 Å². The van der Waals surface area contributed by atoms with Gasteiger partial charge >= 0.3 is 6.18 Å². The van der Waals surface area contributed by atoms with Crippen molar-refractivity contribution >= 4 is 0 Å². The van der Waals surface area contributed by atoms with Crippen LogP contribution in [0.2, 0.25) is 0 Å². The molecule has 0 spiro atoms. The minimum absolute atomic E-state index is 0.0673. The Hall–Kier alpha value is -1.43. The van der Waals surface area contributed by atoms with E-state index in [-0.39, 0.29) is 5.75 Å². The van der Waals surface area contributed by atoms with E-state index in [4.69, 9.17) is 10.5 Å². The van der Waals surface area contributed by atoms with E-state index < -0.39 is 23.5 Å². The average Bonchev–Trinajstić information content (AvgIpc) is 2.14. The molecule has 0 bridgehead atoms. The number of hydrogen-bond acceptors (Lipinski definition) is 3. The second-order valence-corrected chi connectivity index (χ2v) is 3.42. The maximum atomic E-state index is 12.4. The zero-order valence-corrected chi connectivity index (χ0v) is 8.80. The first-order valence-electron chi connectivity index (χ1n) is 4.47. The Morgan fingerprint density at radius 2 is 1.94 bits per heavy atom. The molecule has 0 radical (unpaired) electrons. The van der Waals surface area contributed by atoms with Crippen LogP contribution in [0, 0.1) is 6.92 Å². The van der Waals surface area contributed by atoms with Crippen LogP contribution >= 0.6 is 0 Å². The molecule has 0 fully saturated rings. The highest BCUT2D eigenvalue weighted by molar-refractivity contribution is 5.49. The smallest absolute Gasteiger partial charge is 0.407 e. The van der Waals surface area contributed by atoms with Crippen LogP contribution in [-0.2, 0) is 0 Å². The van der Waals surface area contributed by atoms with E-state index in [1.54, 1.807) is 6.92 Å². The maximum absolute atomic E-state index is 12.4. The molecule has 6 heteroatoms. The van der Waals surface area contributed by atoms with Gasteiger partial charge in [-0.3, -0.25) is 0 Å². The van der Waals surface area contributed by atoms with Crippen molar-refractivity contribution in [1.29, 1.82) is 0 Å². The molecule has 16 heavy (non-hydrogen) atoms. The molecule has 0 aliphatic heterocycles. The van der Waals surface area contributed by atoms with Gasteiger partial charge in [0.25, 0.3) is 0 Å². The number of benzene rings is 1. The Kier molecular flexibility index (Phi) is 3.32. The number of halogens is 3. The first kappa shape index (κ1) is 12.6. The number of hydrogen-bond donors (Lipinski definition) is 2. The van der Waals surface area contributed by atoms with E-state index in [1.165, 1.54) is 19.2 Å². The number of aryl methyl sites for hydroxylation is 1. The van der Waals surface area contributed by atoms with E-state index in [0.29, 0.717) is 5.56 Å². The van der Waals surface area contributed by atoms with E-state index >= 15 is 0 Å². The van der Waals surface area contributed by atoms with Crippen molar-refractivity contribution in [1.82, 2.24) is 0 Å². The van der Waals surface area contributed by atoms with E-state index in [1.807, 2.05) is 0 Å². The summed E-state index contributed by atoms with van der Waals surface area (Å²) in [6, 6.07) is 0.340. The fraction of sp³-hybridized carbons (Fsp3) is 0.400. The quantitative estimate of drug-likeness (QED) is 0.826. The number of alkyl halides is 3. The molecule has 0 unspecified atom stereocenters. The van der Waals surface area contributed by atoms with Crippen molar-refractivity contribution < 1.29 is 23.0 Å². The molecule has 0 amide bonds. The predicted octanol–water partition coefficient (Wildman–Crippen LogP) is 2.27. The zero-order chi connectivity index (χ0) is 12.5. The van der Waals surface area contributed by atoms with Gasteiger partial charge in [-0.15, -0.1) is 0 Å². The molecule has 0 aromatic heterocycles. The molecular formula is C10H12F3NO2. The first-order chi connectivity index (χ1) is 7.27. The van der Waals surface area contributed by atoms with Crippen LogP contribution in [0.25, 0.3) is 0 Å². The van der Waals surface area contributed by atoms with Gasteiger partial charge in [-0.25, -0.2) is 0 Å². The Morgan fingerprint density at radius 1 is 1.38 bits per heavy atom. The number of rotatable bonds is 2. The summed E-state index contributed by atoms with van der Waals surface area (Å²) in [7, 11) is 1.22. The van der Waals surface area contributed by atoms with Gasteiger partial charge < -0.3 is 15.6 Å². The van der Waals surface area contributed by atoms with Gasteiger partial charge in [-0.2, -0.15) is 13.2 Å². The third-order valence-corrected chi connectivity index (χ3v) is 2.15. The van der Waals surface area contributed by atoms with Gasteiger partial charge in [-0.1, -0.05) is 0 Å². The maximum Gasteiger partial charge on any atom is 0.407 e. The molecule has 1 aromatic carbocycles. The van der Waals surface area contributed by atoms with Crippen LogP contribution in [0.15, 0.2) is 12.1 Å². The standard InChI is InChI=1S/C10H12F3NO2/c1-5-3-6(15)8(7(4-5)16-2)9(14)10(11,12)13/h3-4,9,15H,14H2,1-2H3/t9-/m1/s1. The van der Waals surface area contributed by atoms with Crippen LogP contribution in [0.5, 0.6) is 11.5 Å². The molecule has 90 valence electrons. The van der Waals surface area contributed by atoms with Crippen molar-refractivity contribution in [2.45, 2.75) is 19.1 Å². The molecule has 3 nitrogen and oxygen atoms in total. The monoisotopic (exact) mass is 235 g/mol. The Balaban J connectivity index is 3.32. The Bertz CT molecular complexity index is 390. The molecule has 0 aliphatic carbocycles. The largest absolute Gasteiger partial charge is 0.507 e. The molecule has 1 aromatic rings. The number of phenols is 1. The van der Waals surface area contributed by atoms with Crippen molar-refractivity contribution in [3.63, 3.8) is 0 Å². The molecule has 0 saturated carbocycles. The molecule has 1 rings (SSSR count). The lowest BCUT2D eigenvalue weighted by Crippen LogP contribution is -2.29. The topological polar surface area (TPSA) is 55.5 Å². The molecule has 0 saturated heterocycles. The van der Waals surface area contributed by atoms with Crippen molar-refractivity contribution in [2.24, 2.45) is 5.73 Å². The number of ether oxygens (including phenoxy) is 1. The van der Waals surface area contributed by atoms with E-state index in [0.717, 1.165) is 0 Å². The normalized spacial score (nSPS) is 13.6. The van der Waals surface area contributed by atoms with E-state index in [9.17, 15) is 18.3 Å². The minimum atomic E-state index is -4.62. The lowest BCUT2D eigenvalue weighted by atomic mass is 10.0. The highest BCUT2D eigenvalue weighted by Crippen LogP contribution is 2.40. The summed E-state index contributed by atoms with van der Waals surface area (Å²) in [6.45, 7) is 1.63. The summed E-state index contributed by atoms with van der Waals surface area (Å²) in [6.07, 6.45) is -4.62. The van der Waals surface area contributed by atoms with Gasteiger partial charge in [-0.05, 0) is 24.6 Å². The highest BCUT2D eigenvalue weighted by Gasteiger charge is 2.41. The van der Waals surface area contributed by atoms with Gasteiger partial charge in [0.15, 0.2) is 0 Å². The summed E-state index contributed by atoms with van der Waals surface area (Å²) in [4.78, 5) is 0. The van der Waals surface area contributed by atoms with Crippen molar-refractivity contribution in [3.05, 3.63) is 23.3 Å². The number of nitrogens with two attached hydrogens (primary N) is 1. The zero-order valence-electron chi connectivity index (χ0n) is 8.80. The highest BCUT2D eigenvalue weighted by atomic mass is 19.4. The number of aromatic hydroxyl groups is 1. The lowest BCUT2D eigenvalue weighted by molar-refractivity contribution is -0.149. The molecule has 0 aliphatic rings. The third kappa shape index (κ3) is 2.38. The molecular weight excluding hydrogens is 223 g/mol. The molecule has 0 heterocycles. The van der Waals surface area contributed by atoms with Gasteiger partial charge in [0, 0.05) is 0 Å². The van der Waals surface area contributed by atoms with Crippen LogP contribution in [0.1, 0.15) is 17.2 Å². The summed E-state index contributed by atoms with van der Waals surface area (Å²) in [5.41, 5.74) is 5.18. The summed E-state index contributed by atoms with van der Waals surface area (Å²) >= 11 is 0. The van der Waals surface area contributed by atoms with Crippen LogP contribution in [-0.4, -0.2) is 18.4 Å². The van der Waals surface area contributed by atoms with Gasteiger partial charge in [0.2, 0.25) is 0 Å². The van der Waals surface area contributed by atoms with Crippen molar-refractivity contribution in [2.75, 3.05) is 7.11 Å². The fourth-order valence-corrected chi connectivity index (χ4v) is 1.39. The molecule has 3 N–H and O–H groups in total. The van der Waals surface area contributed by atoms with Gasteiger partial charge in [0.1, 0.15) is 17.5 Å². The second-order valence-electron chi connectivity index (χ2n) is 3.42. The number of phenolic OH excluding ortho intramolecular Hbond substituents is 1. The summed E-state index contributed by atoms with van der Waals surface area (Å²) < 4.78 is 42.1. The van der Waals surface area contributed by atoms with Crippen LogP contribution in [0.4, 0.5) is 13.2 Å². The SMILES string of the molecule is COc1cc(C)cc(O)c1[C@@H](N)C(F)(F)F. The summed E-state index contributed by atoms with van der Waals surface area (Å²) in [5, 5.41) is 9.48. The molecule has 1 atom stereocenters. The predicted molar refractivity (Wildman–Crippen MR) is 52.4 cm³/mol. The van der Waals surface area contributed by atoms with Crippen LogP contribution in [0.3, 0.4) is 0 Å². The Labute approximate surface area is 90.6 Å². The average molecular weight is 235 g/mol. The summed E-state index contributed by atoms with van der Waals surface area (Å²) in [5.74, 6) is -0.580. The van der Waals surface area contributed by atoms with Crippen LogP contribution < -0.4 is 10.5 Å². The first-order valence-corrected chi connectivity index (χ1v) is 4.47. The van der Waals surface area contributed by atoms with Crippen molar-refractivity contribution in [3.8, 4) is 11.5 Å². The fourth-order valence-electron chi connectivity index (χ4n) is 1.39. The Morgan fingerprint density at radius 3 is 2.38 bits per heavy atom. The number of methoxy groups -OCH3 is 1. The second kappa shape index (κ2) is 4.21. The lowest BCUT2D eigenvalue weighted by Gasteiger charge is -2.20. The third-order valence-electron chi connectivity index (χ3n) is 2.15.